The third-order valence-electron chi connectivity index (χ3n) is 3.97. The Balaban J connectivity index is 1.95. The predicted octanol–water partition coefficient (Wildman–Crippen LogP) is 3.07. The first-order chi connectivity index (χ1) is 8.56. The van der Waals surface area contributed by atoms with Gasteiger partial charge in [0.15, 0.2) is 0 Å². The molecule has 1 fully saturated rings. The molecule has 1 heterocycles. The minimum Gasteiger partial charge on any atom is -0.299 e. The van der Waals surface area contributed by atoms with Crippen LogP contribution in [-0.4, -0.2) is 22.9 Å². The average Bonchev–Trinajstić information content (AvgIpc) is 2.34. The molecule has 1 saturated heterocycles. The van der Waals surface area contributed by atoms with Crippen LogP contribution < -0.4 is 0 Å². The van der Waals surface area contributed by atoms with Gasteiger partial charge in [-0.05, 0) is 30.4 Å². The first-order valence-corrected chi connectivity index (χ1v) is 6.52. The molecule has 2 rings (SSSR count). The number of hydrogen-bond acceptors (Lipinski definition) is 3. The van der Waals surface area contributed by atoms with Gasteiger partial charge >= 0.3 is 0 Å². The van der Waals surface area contributed by atoms with Crippen LogP contribution in [0.15, 0.2) is 24.3 Å². The van der Waals surface area contributed by atoms with Gasteiger partial charge < -0.3 is 0 Å². The Kier molecular flexibility index (Phi) is 3.97. The van der Waals surface area contributed by atoms with Crippen molar-refractivity contribution < 1.29 is 4.92 Å². The number of benzene rings is 1. The first kappa shape index (κ1) is 13.0. The Morgan fingerprint density at radius 3 is 2.50 bits per heavy atom. The van der Waals surface area contributed by atoms with Gasteiger partial charge in [-0.25, -0.2) is 0 Å². The monoisotopic (exact) mass is 248 g/mol. The summed E-state index contributed by atoms with van der Waals surface area (Å²) in [6, 6.07) is 6.90. The van der Waals surface area contributed by atoms with Gasteiger partial charge in [-0.3, -0.25) is 15.0 Å². The van der Waals surface area contributed by atoms with E-state index in [1.165, 1.54) is 6.42 Å². The fourth-order valence-electron chi connectivity index (χ4n) is 2.47. The number of hydrogen-bond donors (Lipinski definition) is 0. The van der Waals surface area contributed by atoms with E-state index < -0.39 is 0 Å². The van der Waals surface area contributed by atoms with Crippen molar-refractivity contribution in [2.24, 2.45) is 11.8 Å². The zero-order chi connectivity index (χ0) is 13.1. The third-order valence-corrected chi connectivity index (χ3v) is 3.97. The maximum absolute atomic E-state index is 10.6. The van der Waals surface area contributed by atoms with E-state index in [1.807, 2.05) is 12.1 Å². The normalized spacial score (nSPS) is 25.0. The quantitative estimate of drug-likeness (QED) is 0.610. The minimum absolute atomic E-state index is 0.166. The summed E-state index contributed by atoms with van der Waals surface area (Å²) in [7, 11) is 0. The summed E-state index contributed by atoms with van der Waals surface area (Å²) < 4.78 is 0. The smallest absolute Gasteiger partial charge is 0.269 e. The summed E-state index contributed by atoms with van der Waals surface area (Å²) in [5.74, 6) is 1.54. The van der Waals surface area contributed by atoms with Crippen molar-refractivity contribution in [2.75, 3.05) is 13.1 Å². The molecule has 2 atom stereocenters. The van der Waals surface area contributed by atoms with Crippen molar-refractivity contribution in [3.63, 3.8) is 0 Å². The average molecular weight is 248 g/mol. The maximum atomic E-state index is 10.6. The fraction of sp³-hybridized carbons (Fsp3) is 0.571. The second kappa shape index (κ2) is 5.48. The van der Waals surface area contributed by atoms with Gasteiger partial charge in [0.05, 0.1) is 4.92 Å². The van der Waals surface area contributed by atoms with Gasteiger partial charge in [0.25, 0.3) is 5.69 Å². The molecule has 1 aliphatic heterocycles. The Morgan fingerprint density at radius 1 is 1.28 bits per heavy atom. The van der Waals surface area contributed by atoms with Crippen molar-refractivity contribution in [1.29, 1.82) is 0 Å². The summed E-state index contributed by atoms with van der Waals surface area (Å²) in [6.07, 6.45) is 1.24. The summed E-state index contributed by atoms with van der Waals surface area (Å²) in [5.41, 5.74) is 1.32. The molecule has 1 aromatic carbocycles. The van der Waals surface area contributed by atoms with Gasteiger partial charge in [0.2, 0.25) is 0 Å². The molecule has 0 aliphatic carbocycles. The Labute approximate surface area is 108 Å². The van der Waals surface area contributed by atoms with Crippen molar-refractivity contribution in [1.82, 2.24) is 4.90 Å². The van der Waals surface area contributed by atoms with E-state index in [-0.39, 0.29) is 10.6 Å². The molecule has 0 bridgehead atoms. The van der Waals surface area contributed by atoms with Crippen LogP contribution >= 0.6 is 0 Å². The maximum Gasteiger partial charge on any atom is 0.269 e. The van der Waals surface area contributed by atoms with E-state index in [4.69, 9.17) is 0 Å². The van der Waals surface area contributed by atoms with Gasteiger partial charge in [-0.2, -0.15) is 0 Å². The predicted molar refractivity (Wildman–Crippen MR) is 71.3 cm³/mol. The number of likely N-dealkylation sites (tertiary alicyclic amines) is 1. The molecule has 0 amide bonds. The molecule has 0 N–H and O–H groups in total. The Bertz CT molecular complexity index is 416. The van der Waals surface area contributed by atoms with Gasteiger partial charge in [-0.1, -0.05) is 26.0 Å². The zero-order valence-electron chi connectivity index (χ0n) is 11.0. The van der Waals surface area contributed by atoms with Crippen LogP contribution in [0, 0.1) is 22.0 Å². The summed E-state index contributed by atoms with van der Waals surface area (Å²) in [6.45, 7) is 7.76. The minimum atomic E-state index is -0.353. The highest BCUT2D eigenvalue weighted by Gasteiger charge is 2.22. The summed E-state index contributed by atoms with van der Waals surface area (Å²) in [4.78, 5) is 12.7. The highest BCUT2D eigenvalue weighted by molar-refractivity contribution is 5.32. The van der Waals surface area contributed by atoms with Crippen molar-refractivity contribution >= 4 is 5.69 Å². The van der Waals surface area contributed by atoms with Crippen LogP contribution in [0.3, 0.4) is 0 Å². The van der Waals surface area contributed by atoms with E-state index in [0.29, 0.717) is 0 Å². The number of rotatable bonds is 3. The molecule has 0 saturated carbocycles. The van der Waals surface area contributed by atoms with Crippen LogP contribution in [0.25, 0.3) is 0 Å². The fourth-order valence-corrected chi connectivity index (χ4v) is 2.47. The molecule has 1 aliphatic rings. The van der Waals surface area contributed by atoms with Crippen molar-refractivity contribution in [2.45, 2.75) is 26.8 Å². The van der Waals surface area contributed by atoms with E-state index >= 15 is 0 Å². The highest BCUT2D eigenvalue weighted by Crippen LogP contribution is 2.24. The number of nitro groups is 1. The summed E-state index contributed by atoms with van der Waals surface area (Å²) in [5, 5.41) is 10.6. The van der Waals surface area contributed by atoms with Crippen molar-refractivity contribution in [3.8, 4) is 0 Å². The van der Waals surface area contributed by atoms with Gasteiger partial charge in [-0.15, -0.1) is 0 Å². The Morgan fingerprint density at radius 2 is 1.94 bits per heavy atom. The zero-order valence-corrected chi connectivity index (χ0v) is 11.0. The van der Waals surface area contributed by atoms with Crippen LogP contribution in [-0.2, 0) is 6.54 Å². The van der Waals surface area contributed by atoms with Crippen molar-refractivity contribution in [3.05, 3.63) is 39.9 Å². The lowest BCUT2D eigenvalue weighted by atomic mass is 9.88. The van der Waals surface area contributed by atoms with Crippen LogP contribution in [0.2, 0.25) is 0 Å². The number of nitrogens with zero attached hydrogens (tertiary/aromatic N) is 2. The highest BCUT2D eigenvalue weighted by atomic mass is 16.6. The molecule has 1 aromatic rings. The van der Waals surface area contributed by atoms with Crippen LogP contribution in [0.4, 0.5) is 5.69 Å². The van der Waals surface area contributed by atoms with E-state index in [9.17, 15) is 10.1 Å². The molecular weight excluding hydrogens is 228 g/mol. The van der Waals surface area contributed by atoms with Crippen LogP contribution in [0.5, 0.6) is 0 Å². The topological polar surface area (TPSA) is 46.4 Å². The number of piperidine rings is 1. The Hall–Kier alpha value is -1.42. The number of non-ortho nitro benzene ring substituents is 1. The first-order valence-electron chi connectivity index (χ1n) is 6.52. The number of nitro benzene ring substituents is 1. The molecule has 98 valence electrons. The lowest BCUT2D eigenvalue weighted by Crippen LogP contribution is -2.37. The molecular formula is C14H20N2O2. The third kappa shape index (κ3) is 3.07. The lowest BCUT2D eigenvalue weighted by molar-refractivity contribution is -0.384. The molecule has 0 radical (unpaired) electrons. The lowest BCUT2D eigenvalue weighted by Gasteiger charge is -2.35. The SMILES string of the molecule is CC1CCN(Cc2ccc([N+](=O)[O-])cc2)CC1C. The van der Waals surface area contributed by atoms with Gasteiger partial charge in [0, 0.05) is 25.2 Å². The molecule has 2 unspecified atom stereocenters. The largest absolute Gasteiger partial charge is 0.299 e. The second-order valence-electron chi connectivity index (χ2n) is 5.40. The van der Waals surface area contributed by atoms with Gasteiger partial charge in [0.1, 0.15) is 0 Å². The standard InChI is InChI=1S/C14H20N2O2/c1-11-7-8-15(9-12(11)2)10-13-3-5-14(6-4-13)16(17)18/h3-6,11-12H,7-10H2,1-2H3. The van der Waals surface area contributed by atoms with Crippen LogP contribution in [0.1, 0.15) is 25.8 Å². The second-order valence-corrected chi connectivity index (χ2v) is 5.40. The summed E-state index contributed by atoms with van der Waals surface area (Å²) >= 11 is 0. The molecule has 0 aromatic heterocycles. The van der Waals surface area contributed by atoms with E-state index in [0.717, 1.165) is 37.0 Å². The van der Waals surface area contributed by atoms with E-state index in [2.05, 4.69) is 18.7 Å². The van der Waals surface area contributed by atoms with E-state index in [1.54, 1.807) is 12.1 Å². The molecule has 4 nitrogen and oxygen atoms in total. The molecule has 4 heteroatoms. The molecule has 18 heavy (non-hydrogen) atoms. The molecule has 0 spiro atoms.